The van der Waals surface area contributed by atoms with E-state index in [1.807, 2.05) is 4.90 Å². The van der Waals surface area contributed by atoms with Gasteiger partial charge < -0.3 is 10.6 Å². The number of likely N-dealkylation sites (tertiary alicyclic amines) is 1. The molecular weight excluding hydrogens is 312 g/mol. The molecule has 2 N–H and O–H groups in total. The lowest BCUT2D eigenvalue weighted by Gasteiger charge is -2.67. The molecule has 5 rings (SSSR count). The third kappa shape index (κ3) is 3.00. The van der Waals surface area contributed by atoms with Crippen LogP contribution >= 0.6 is 0 Å². The molecule has 5 aliphatic rings. The van der Waals surface area contributed by atoms with Crippen molar-refractivity contribution in [2.24, 2.45) is 33.8 Å². The van der Waals surface area contributed by atoms with Crippen molar-refractivity contribution in [3.05, 3.63) is 0 Å². The van der Waals surface area contributed by atoms with Crippen LogP contribution in [0.2, 0.25) is 0 Å². The summed E-state index contributed by atoms with van der Waals surface area (Å²) >= 11 is 0. The fourth-order valence-electron chi connectivity index (χ4n) is 7.99. The van der Waals surface area contributed by atoms with Gasteiger partial charge in [-0.3, -0.25) is 9.59 Å². The maximum Gasteiger partial charge on any atom is 0.223 e. The molecule has 0 aromatic rings. The van der Waals surface area contributed by atoms with Gasteiger partial charge in [-0.25, -0.2) is 0 Å². The second-order valence-corrected chi connectivity index (χ2v) is 10.6. The molecule has 140 valence electrons. The maximum atomic E-state index is 12.9. The van der Waals surface area contributed by atoms with Crippen LogP contribution in [-0.2, 0) is 9.59 Å². The Morgan fingerprint density at radius 3 is 2.12 bits per heavy atom. The van der Waals surface area contributed by atoms with Crippen molar-refractivity contribution in [3.8, 4) is 0 Å². The highest BCUT2D eigenvalue weighted by atomic mass is 16.2. The van der Waals surface area contributed by atoms with E-state index in [1.54, 1.807) is 0 Å². The zero-order valence-corrected chi connectivity index (χ0v) is 16.0. The predicted octanol–water partition coefficient (Wildman–Crippen LogP) is 3.49. The number of carbonyl (C=O) groups is 2. The van der Waals surface area contributed by atoms with Gasteiger partial charge in [0.1, 0.15) is 0 Å². The minimum atomic E-state index is -0.274. The molecule has 0 aromatic carbocycles. The van der Waals surface area contributed by atoms with Gasteiger partial charge in [-0.15, -0.1) is 0 Å². The monoisotopic (exact) mass is 346 g/mol. The number of nitrogens with zero attached hydrogens (tertiary/aromatic N) is 1. The van der Waals surface area contributed by atoms with E-state index in [9.17, 15) is 9.59 Å². The lowest BCUT2D eigenvalue weighted by Crippen LogP contribution is -2.59. The van der Waals surface area contributed by atoms with Crippen LogP contribution in [0, 0.1) is 28.1 Å². The SMILES string of the molecule is C[C@]12CC3CC(C(CC(=O)N4CCCCC4)C(N)=O)(C1)C[C@@](C)(C3)C2. The maximum absolute atomic E-state index is 12.9. The normalized spacial score (nSPS) is 43.9. The molecule has 4 saturated carbocycles. The van der Waals surface area contributed by atoms with Crippen LogP contribution in [-0.4, -0.2) is 29.8 Å². The molecule has 0 spiro atoms. The Kier molecular flexibility index (Phi) is 3.97. The minimum Gasteiger partial charge on any atom is -0.369 e. The van der Waals surface area contributed by atoms with Crippen molar-refractivity contribution in [1.29, 1.82) is 0 Å². The van der Waals surface area contributed by atoms with Crippen molar-refractivity contribution in [3.63, 3.8) is 0 Å². The van der Waals surface area contributed by atoms with Gasteiger partial charge in [0.2, 0.25) is 11.8 Å². The first-order valence-electron chi connectivity index (χ1n) is 10.3. The lowest BCUT2D eigenvalue weighted by atomic mass is 9.38. The first-order valence-corrected chi connectivity index (χ1v) is 10.3. The van der Waals surface area contributed by atoms with Crippen molar-refractivity contribution in [1.82, 2.24) is 4.90 Å². The topological polar surface area (TPSA) is 63.4 Å². The number of hydrogen-bond acceptors (Lipinski definition) is 2. The Bertz CT molecular complexity index is 562. The van der Waals surface area contributed by atoms with Crippen LogP contribution in [0.4, 0.5) is 0 Å². The van der Waals surface area contributed by atoms with E-state index in [0.717, 1.165) is 51.1 Å². The van der Waals surface area contributed by atoms with Crippen LogP contribution in [0.15, 0.2) is 0 Å². The zero-order valence-electron chi connectivity index (χ0n) is 16.0. The van der Waals surface area contributed by atoms with E-state index < -0.39 is 0 Å². The summed E-state index contributed by atoms with van der Waals surface area (Å²) in [5.74, 6) is 0.372. The van der Waals surface area contributed by atoms with Crippen molar-refractivity contribution in [2.75, 3.05) is 13.1 Å². The molecular formula is C21H34N2O2. The number of piperidine rings is 1. The highest BCUT2D eigenvalue weighted by Gasteiger charge is 2.63. The molecule has 1 aliphatic heterocycles. The minimum absolute atomic E-state index is 0.0276. The van der Waals surface area contributed by atoms with Gasteiger partial charge in [0.05, 0.1) is 5.92 Å². The number of rotatable bonds is 4. The summed E-state index contributed by atoms with van der Waals surface area (Å²) in [5, 5.41) is 0. The van der Waals surface area contributed by atoms with Gasteiger partial charge in [-0.05, 0) is 80.0 Å². The van der Waals surface area contributed by atoms with Crippen LogP contribution < -0.4 is 5.73 Å². The summed E-state index contributed by atoms with van der Waals surface area (Å²) in [5.41, 5.74) is 6.57. The second-order valence-electron chi connectivity index (χ2n) is 10.6. The lowest BCUT2D eigenvalue weighted by molar-refractivity contribution is -0.177. The van der Waals surface area contributed by atoms with E-state index in [-0.39, 0.29) is 23.1 Å². The van der Waals surface area contributed by atoms with Gasteiger partial charge in [-0.2, -0.15) is 0 Å². The zero-order chi connectivity index (χ0) is 17.9. The third-order valence-corrected chi connectivity index (χ3v) is 7.84. The average Bonchev–Trinajstić information content (AvgIpc) is 2.49. The Morgan fingerprint density at radius 1 is 1.00 bits per heavy atom. The van der Waals surface area contributed by atoms with Crippen LogP contribution in [0.5, 0.6) is 0 Å². The molecule has 25 heavy (non-hydrogen) atoms. The fraction of sp³-hybridized carbons (Fsp3) is 0.905. The van der Waals surface area contributed by atoms with Gasteiger partial charge in [-0.1, -0.05) is 13.8 Å². The van der Waals surface area contributed by atoms with Gasteiger partial charge in [0.25, 0.3) is 0 Å². The molecule has 0 radical (unpaired) electrons. The number of amides is 2. The molecule has 4 nitrogen and oxygen atoms in total. The molecule has 4 aliphatic carbocycles. The van der Waals surface area contributed by atoms with E-state index >= 15 is 0 Å². The third-order valence-electron chi connectivity index (χ3n) is 7.84. The van der Waals surface area contributed by atoms with Crippen molar-refractivity contribution < 1.29 is 9.59 Å². The van der Waals surface area contributed by atoms with E-state index in [2.05, 4.69) is 13.8 Å². The van der Waals surface area contributed by atoms with E-state index in [4.69, 9.17) is 5.73 Å². The Balaban J connectivity index is 1.58. The molecule has 5 fully saturated rings. The van der Waals surface area contributed by atoms with Crippen molar-refractivity contribution >= 4 is 11.8 Å². The first kappa shape index (κ1) is 17.4. The first-order chi connectivity index (χ1) is 11.7. The fourth-order valence-corrected chi connectivity index (χ4v) is 7.99. The standard InChI is InChI=1S/C21H34N2O2/c1-19-9-15-10-20(2,12-19)14-21(11-15,13-19)16(18(22)25)8-17(24)23-6-4-3-5-7-23/h15-16H,3-14H2,1-2H3,(H2,22,25)/t15?,16?,19-,20+,21?. The average molecular weight is 347 g/mol. The largest absolute Gasteiger partial charge is 0.369 e. The molecule has 4 heteroatoms. The summed E-state index contributed by atoms with van der Waals surface area (Å²) in [4.78, 5) is 27.4. The molecule has 4 bridgehead atoms. The molecule has 0 aromatic heterocycles. The summed E-state index contributed by atoms with van der Waals surface area (Å²) in [7, 11) is 0. The summed E-state index contributed by atoms with van der Waals surface area (Å²) < 4.78 is 0. The van der Waals surface area contributed by atoms with Gasteiger partial charge >= 0.3 is 0 Å². The Labute approximate surface area is 151 Å². The van der Waals surface area contributed by atoms with Gasteiger partial charge in [0, 0.05) is 19.5 Å². The number of carbonyl (C=O) groups excluding carboxylic acids is 2. The molecule has 1 heterocycles. The highest BCUT2D eigenvalue weighted by Crippen LogP contribution is 2.71. The predicted molar refractivity (Wildman–Crippen MR) is 97.6 cm³/mol. The van der Waals surface area contributed by atoms with Gasteiger partial charge in [0.15, 0.2) is 0 Å². The number of hydrogen-bond donors (Lipinski definition) is 1. The molecule has 2 amide bonds. The summed E-state index contributed by atoms with van der Waals surface area (Å²) in [6.07, 6.45) is 10.9. The number of primary amides is 1. The van der Waals surface area contributed by atoms with Crippen molar-refractivity contribution in [2.45, 2.75) is 78.1 Å². The Hall–Kier alpha value is -1.06. The summed E-state index contributed by atoms with van der Waals surface area (Å²) in [6.45, 7) is 6.54. The quantitative estimate of drug-likeness (QED) is 0.847. The van der Waals surface area contributed by atoms with Crippen LogP contribution in [0.3, 0.4) is 0 Å². The highest BCUT2D eigenvalue weighted by molar-refractivity contribution is 5.85. The van der Waals surface area contributed by atoms with Crippen LogP contribution in [0.25, 0.3) is 0 Å². The number of nitrogens with two attached hydrogens (primary N) is 1. The molecule has 3 unspecified atom stereocenters. The van der Waals surface area contributed by atoms with E-state index in [0.29, 0.717) is 17.3 Å². The van der Waals surface area contributed by atoms with Crippen LogP contribution in [0.1, 0.15) is 78.1 Å². The summed E-state index contributed by atoms with van der Waals surface area (Å²) in [6, 6.07) is 0. The Morgan fingerprint density at radius 2 is 1.60 bits per heavy atom. The molecule has 1 saturated heterocycles. The van der Waals surface area contributed by atoms with E-state index in [1.165, 1.54) is 25.7 Å². The smallest absolute Gasteiger partial charge is 0.223 e. The second kappa shape index (κ2) is 5.72. The molecule has 5 atom stereocenters.